The minimum Gasteiger partial charge on any atom is -0.493 e. The Labute approximate surface area is 127 Å². The molecular formula is C15H17ClN2OS. The maximum Gasteiger partial charge on any atom is 0.125 e. The first-order valence-electron chi connectivity index (χ1n) is 6.68. The van der Waals surface area contributed by atoms with E-state index in [1.165, 1.54) is 5.56 Å². The van der Waals surface area contributed by atoms with Crippen LogP contribution in [-0.4, -0.2) is 11.6 Å². The summed E-state index contributed by atoms with van der Waals surface area (Å²) in [6, 6.07) is 3.89. The predicted octanol–water partition coefficient (Wildman–Crippen LogP) is 3.59. The summed E-state index contributed by atoms with van der Waals surface area (Å²) in [5.41, 5.74) is 9.68. The fourth-order valence-corrected chi connectivity index (χ4v) is 3.91. The second kappa shape index (κ2) is 5.35. The van der Waals surface area contributed by atoms with E-state index >= 15 is 0 Å². The van der Waals surface area contributed by atoms with Gasteiger partial charge in [0.15, 0.2) is 0 Å². The van der Waals surface area contributed by atoms with E-state index in [2.05, 4.69) is 4.98 Å². The molecule has 0 amide bonds. The molecular weight excluding hydrogens is 292 g/mol. The number of aromatic nitrogens is 1. The Morgan fingerprint density at radius 3 is 2.95 bits per heavy atom. The van der Waals surface area contributed by atoms with Gasteiger partial charge in [-0.3, -0.25) is 0 Å². The molecule has 2 heterocycles. The van der Waals surface area contributed by atoms with Crippen LogP contribution in [0.25, 0.3) is 0 Å². The van der Waals surface area contributed by atoms with E-state index in [1.54, 1.807) is 11.3 Å². The van der Waals surface area contributed by atoms with Crippen molar-refractivity contribution in [3.05, 3.63) is 43.9 Å². The Kier molecular flexibility index (Phi) is 3.71. The van der Waals surface area contributed by atoms with Crippen LogP contribution in [0.2, 0.25) is 5.02 Å². The molecule has 1 unspecified atom stereocenters. The standard InChI is InChI=1S/C15H17ClN2OS/c1-8-15(20-9(2)18-8)13(17)7-11-6-12(16)5-10-3-4-19-14(10)11/h5-6,13H,3-4,7,17H2,1-2H3. The highest BCUT2D eigenvalue weighted by atomic mass is 35.5. The van der Waals surface area contributed by atoms with Crippen LogP contribution in [-0.2, 0) is 12.8 Å². The zero-order valence-electron chi connectivity index (χ0n) is 11.6. The molecule has 106 valence electrons. The molecule has 1 atom stereocenters. The lowest BCUT2D eigenvalue weighted by atomic mass is 10.0. The van der Waals surface area contributed by atoms with Crippen molar-refractivity contribution in [2.75, 3.05) is 6.61 Å². The maximum atomic E-state index is 6.36. The molecule has 0 saturated carbocycles. The normalized spacial score (nSPS) is 15.0. The van der Waals surface area contributed by atoms with Gasteiger partial charge in [-0.25, -0.2) is 4.98 Å². The topological polar surface area (TPSA) is 48.1 Å². The van der Waals surface area contributed by atoms with E-state index in [0.29, 0.717) is 0 Å². The summed E-state index contributed by atoms with van der Waals surface area (Å²) < 4.78 is 5.73. The predicted molar refractivity (Wildman–Crippen MR) is 82.9 cm³/mol. The summed E-state index contributed by atoms with van der Waals surface area (Å²) in [6.45, 7) is 4.75. The molecule has 5 heteroatoms. The minimum atomic E-state index is -0.0621. The molecule has 0 aliphatic carbocycles. The van der Waals surface area contributed by atoms with Gasteiger partial charge in [0.2, 0.25) is 0 Å². The number of ether oxygens (including phenoxy) is 1. The van der Waals surface area contributed by atoms with Gasteiger partial charge in [-0.15, -0.1) is 11.3 Å². The second-order valence-electron chi connectivity index (χ2n) is 5.14. The molecule has 0 fully saturated rings. The van der Waals surface area contributed by atoms with Crippen LogP contribution < -0.4 is 10.5 Å². The van der Waals surface area contributed by atoms with E-state index in [0.717, 1.165) is 51.4 Å². The Morgan fingerprint density at radius 1 is 1.45 bits per heavy atom. The molecule has 0 radical (unpaired) electrons. The van der Waals surface area contributed by atoms with Gasteiger partial charge in [-0.1, -0.05) is 11.6 Å². The fraction of sp³-hybridized carbons (Fsp3) is 0.400. The van der Waals surface area contributed by atoms with Crippen LogP contribution in [0, 0.1) is 13.8 Å². The number of hydrogen-bond acceptors (Lipinski definition) is 4. The average molecular weight is 309 g/mol. The van der Waals surface area contributed by atoms with Crippen LogP contribution >= 0.6 is 22.9 Å². The zero-order valence-corrected chi connectivity index (χ0v) is 13.1. The van der Waals surface area contributed by atoms with Crippen molar-refractivity contribution in [1.82, 2.24) is 4.98 Å². The van der Waals surface area contributed by atoms with Crippen molar-refractivity contribution >= 4 is 22.9 Å². The van der Waals surface area contributed by atoms with Crippen molar-refractivity contribution in [2.24, 2.45) is 5.73 Å². The molecule has 20 heavy (non-hydrogen) atoms. The average Bonchev–Trinajstić information content (AvgIpc) is 2.95. The largest absolute Gasteiger partial charge is 0.493 e. The highest BCUT2D eigenvalue weighted by Crippen LogP contribution is 2.36. The first kappa shape index (κ1) is 13.9. The van der Waals surface area contributed by atoms with Crippen molar-refractivity contribution in [2.45, 2.75) is 32.7 Å². The lowest BCUT2D eigenvalue weighted by Gasteiger charge is -2.14. The molecule has 2 aromatic rings. The van der Waals surface area contributed by atoms with E-state index in [9.17, 15) is 0 Å². The monoisotopic (exact) mass is 308 g/mol. The van der Waals surface area contributed by atoms with Gasteiger partial charge in [0.1, 0.15) is 5.75 Å². The summed E-state index contributed by atoms with van der Waals surface area (Å²) in [5, 5.41) is 1.81. The molecule has 3 rings (SSSR count). The van der Waals surface area contributed by atoms with E-state index in [1.807, 2.05) is 26.0 Å². The van der Waals surface area contributed by atoms with Crippen molar-refractivity contribution in [1.29, 1.82) is 0 Å². The summed E-state index contributed by atoms with van der Waals surface area (Å²) >= 11 is 7.86. The Hall–Kier alpha value is -1.10. The number of rotatable bonds is 3. The van der Waals surface area contributed by atoms with Gasteiger partial charge in [0.05, 0.1) is 17.3 Å². The molecule has 1 aliphatic rings. The smallest absolute Gasteiger partial charge is 0.125 e. The fourth-order valence-electron chi connectivity index (χ4n) is 2.72. The molecule has 1 aromatic heterocycles. The molecule has 0 spiro atoms. The van der Waals surface area contributed by atoms with Gasteiger partial charge < -0.3 is 10.5 Å². The Balaban J connectivity index is 1.90. The number of benzene rings is 1. The van der Waals surface area contributed by atoms with Crippen LogP contribution in [0.1, 0.15) is 32.7 Å². The Bertz CT molecular complexity index is 654. The summed E-state index contributed by atoms with van der Waals surface area (Å²) in [6.07, 6.45) is 1.65. The third-order valence-electron chi connectivity index (χ3n) is 3.54. The van der Waals surface area contributed by atoms with Crippen LogP contribution in [0.5, 0.6) is 5.75 Å². The van der Waals surface area contributed by atoms with Crippen LogP contribution in [0.15, 0.2) is 12.1 Å². The number of aryl methyl sites for hydroxylation is 2. The lowest BCUT2D eigenvalue weighted by molar-refractivity contribution is 0.352. The molecule has 1 aliphatic heterocycles. The van der Waals surface area contributed by atoms with Gasteiger partial charge in [0, 0.05) is 22.4 Å². The highest BCUT2D eigenvalue weighted by Gasteiger charge is 2.21. The van der Waals surface area contributed by atoms with Crippen LogP contribution in [0.4, 0.5) is 0 Å². The number of hydrogen-bond donors (Lipinski definition) is 1. The molecule has 1 aromatic carbocycles. The van der Waals surface area contributed by atoms with Crippen molar-refractivity contribution in [3.8, 4) is 5.75 Å². The van der Waals surface area contributed by atoms with E-state index in [4.69, 9.17) is 22.1 Å². The van der Waals surface area contributed by atoms with E-state index in [-0.39, 0.29) is 6.04 Å². The number of fused-ring (bicyclic) bond motifs is 1. The van der Waals surface area contributed by atoms with Gasteiger partial charge >= 0.3 is 0 Å². The number of thiazole rings is 1. The number of nitrogens with two attached hydrogens (primary N) is 1. The maximum absolute atomic E-state index is 6.36. The van der Waals surface area contributed by atoms with Gasteiger partial charge in [-0.2, -0.15) is 0 Å². The van der Waals surface area contributed by atoms with Gasteiger partial charge in [0.25, 0.3) is 0 Å². The molecule has 0 bridgehead atoms. The third-order valence-corrected chi connectivity index (χ3v) is 4.96. The summed E-state index contributed by atoms with van der Waals surface area (Å²) in [7, 11) is 0. The van der Waals surface area contributed by atoms with Gasteiger partial charge in [-0.05, 0) is 43.5 Å². The van der Waals surface area contributed by atoms with E-state index < -0.39 is 0 Å². The van der Waals surface area contributed by atoms with Crippen LogP contribution in [0.3, 0.4) is 0 Å². The zero-order chi connectivity index (χ0) is 14.3. The Morgan fingerprint density at radius 2 is 2.25 bits per heavy atom. The number of nitrogens with zero attached hydrogens (tertiary/aromatic N) is 1. The summed E-state index contributed by atoms with van der Waals surface area (Å²) in [4.78, 5) is 5.59. The quantitative estimate of drug-likeness (QED) is 0.942. The summed E-state index contributed by atoms with van der Waals surface area (Å²) in [5.74, 6) is 0.976. The first-order valence-corrected chi connectivity index (χ1v) is 7.87. The second-order valence-corrected chi connectivity index (χ2v) is 6.82. The lowest BCUT2D eigenvalue weighted by Crippen LogP contribution is -2.13. The molecule has 3 nitrogen and oxygen atoms in total. The SMILES string of the molecule is Cc1nc(C)c(C(N)Cc2cc(Cl)cc3c2OCC3)s1. The molecule has 2 N–H and O–H groups in total. The highest BCUT2D eigenvalue weighted by molar-refractivity contribution is 7.11. The van der Waals surface area contributed by atoms with Crippen molar-refractivity contribution < 1.29 is 4.74 Å². The third kappa shape index (κ3) is 2.55. The molecule has 0 saturated heterocycles. The van der Waals surface area contributed by atoms with Crippen molar-refractivity contribution in [3.63, 3.8) is 0 Å². The first-order chi connectivity index (χ1) is 9.54. The minimum absolute atomic E-state index is 0.0621. The number of halogens is 1.